The molecule has 0 fully saturated rings. The lowest BCUT2D eigenvalue weighted by atomic mass is 10.5. The molecule has 3 nitrogen and oxygen atoms in total. The first-order valence-electron chi connectivity index (χ1n) is 3.09. The lowest BCUT2D eigenvalue weighted by Gasteiger charge is -2.07. The van der Waals surface area contributed by atoms with Crippen molar-refractivity contribution in [3.05, 3.63) is 0 Å². The quantitative estimate of drug-likeness (QED) is 0.603. The first-order chi connectivity index (χ1) is 4.66. The van der Waals surface area contributed by atoms with E-state index in [1.807, 2.05) is 19.9 Å². The minimum Gasteiger partial charge on any atom is -0.299 e. The molecule has 0 saturated carbocycles. The maximum atomic E-state index is 8.31. The Balaban J connectivity index is 0. The summed E-state index contributed by atoms with van der Waals surface area (Å²) in [5, 5.41) is 8.31. The van der Waals surface area contributed by atoms with Gasteiger partial charge in [0.2, 0.25) is 0 Å². The molecule has 1 atom stereocenters. The standard InChI is InChI=1S/C6H11BrN2O.ClH/c1-5(2)10-9-4-6(7)3-8;/h5-6,9H,4H2,1-2H3;1H. The van der Waals surface area contributed by atoms with Crippen LogP contribution in [0.4, 0.5) is 0 Å². The topological polar surface area (TPSA) is 45.0 Å². The molecule has 11 heavy (non-hydrogen) atoms. The second-order valence-electron chi connectivity index (χ2n) is 2.11. The molecule has 5 heteroatoms. The molecule has 1 N–H and O–H groups in total. The van der Waals surface area contributed by atoms with Crippen LogP contribution in [-0.4, -0.2) is 17.5 Å². The average Bonchev–Trinajstić information content (AvgIpc) is 1.87. The number of rotatable bonds is 4. The highest BCUT2D eigenvalue weighted by Gasteiger charge is 2.00. The first-order valence-corrected chi connectivity index (χ1v) is 4.00. The Morgan fingerprint density at radius 3 is 2.55 bits per heavy atom. The van der Waals surface area contributed by atoms with Crippen LogP contribution < -0.4 is 5.48 Å². The van der Waals surface area contributed by atoms with Gasteiger partial charge in [-0.1, -0.05) is 15.9 Å². The van der Waals surface area contributed by atoms with Gasteiger partial charge in [-0.3, -0.25) is 4.84 Å². The minimum atomic E-state index is -0.175. The molecule has 0 aliphatic carbocycles. The van der Waals surface area contributed by atoms with Crippen molar-refractivity contribution in [3.8, 4) is 6.07 Å². The van der Waals surface area contributed by atoms with Crippen molar-refractivity contribution >= 4 is 28.3 Å². The Hall–Kier alpha value is 0.180. The van der Waals surface area contributed by atoms with Crippen molar-refractivity contribution in [2.75, 3.05) is 6.54 Å². The third kappa shape index (κ3) is 10.2. The summed E-state index contributed by atoms with van der Waals surface area (Å²) in [6, 6.07) is 2.01. The van der Waals surface area contributed by atoms with Crippen molar-refractivity contribution in [3.63, 3.8) is 0 Å². The maximum absolute atomic E-state index is 8.31. The fourth-order valence-corrected chi connectivity index (χ4v) is 0.466. The molecular weight excluding hydrogens is 231 g/mol. The zero-order valence-corrected chi connectivity index (χ0v) is 8.91. The second-order valence-corrected chi connectivity index (χ2v) is 3.22. The highest BCUT2D eigenvalue weighted by Crippen LogP contribution is 1.94. The van der Waals surface area contributed by atoms with E-state index in [0.717, 1.165) is 0 Å². The van der Waals surface area contributed by atoms with E-state index in [1.165, 1.54) is 0 Å². The Bertz CT molecular complexity index is 126. The van der Waals surface area contributed by atoms with E-state index in [2.05, 4.69) is 21.4 Å². The van der Waals surface area contributed by atoms with Crippen LogP contribution in [0.15, 0.2) is 0 Å². The zero-order chi connectivity index (χ0) is 7.98. The van der Waals surface area contributed by atoms with E-state index in [4.69, 9.17) is 10.1 Å². The van der Waals surface area contributed by atoms with E-state index >= 15 is 0 Å². The van der Waals surface area contributed by atoms with Gasteiger partial charge in [-0.05, 0) is 13.8 Å². The summed E-state index contributed by atoms with van der Waals surface area (Å²) in [6.07, 6.45) is 0.151. The summed E-state index contributed by atoms with van der Waals surface area (Å²) in [4.78, 5) is 4.81. The summed E-state index contributed by atoms with van der Waals surface area (Å²) in [7, 11) is 0. The van der Waals surface area contributed by atoms with Gasteiger partial charge in [0.25, 0.3) is 0 Å². The fourth-order valence-electron chi connectivity index (χ4n) is 0.334. The van der Waals surface area contributed by atoms with E-state index in [9.17, 15) is 0 Å². The SMILES string of the molecule is CC(C)ONCC(Br)C#N.Cl. The summed E-state index contributed by atoms with van der Waals surface area (Å²) >= 11 is 3.12. The molecule has 0 aliphatic rings. The van der Waals surface area contributed by atoms with Crippen LogP contribution in [0.3, 0.4) is 0 Å². The first kappa shape index (κ1) is 13.7. The van der Waals surface area contributed by atoms with Crippen molar-refractivity contribution in [2.24, 2.45) is 0 Å². The zero-order valence-electron chi connectivity index (χ0n) is 6.50. The number of nitrogens with zero attached hydrogens (tertiary/aromatic N) is 1. The van der Waals surface area contributed by atoms with Gasteiger partial charge < -0.3 is 0 Å². The van der Waals surface area contributed by atoms with Gasteiger partial charge in [0.1, 0.15) is 4.83 Å². The normalized spacial score (nSPS) is 11.9. The van der Waals surface area contributed by atoms with E-state index in [1.54, 1.807) is 0 Å². The van der Waals surface area contributed by atoms with Crippen molar-refractivity contribution in [1.29, 1.82) is 5.26 Å². The van der Waals surface area contributed by atoms with E-state index in [-0.39, 0.29) is 23.3 Å². The summed E-state index contributed by atoms with van der Waals surface area (Å²) in [5.41, 5.74) is 2.67. The molecule has 0 bridgehead atoms. The summed E-state index contributed by atoms with van der Waals surface area (Å²) in [5.74, 6) is 0. The third-order valence-electron chi connectivity index (χ3n) is 0.722. The smallest absolute Gasteiger partial charge is 0.116 e. The van der Waals surface area contributed by atoms with Crippen LogP contribution in [0.25, 0.3) is 0 Å². The van der Waals surface area contributed by atoms with Crippen molar-refractivity contribution in [2.45, 2.75) is 24.8 Å². The van der Waals surface area contributed by atoms with Gasteiger partial charge in [-0.15, -0.1) is 12.4 Å². The predicted octanol–water partition coefficient (Wildman–Crippen LogP) is 1.62. The van der Waals surface area contributed by atoms with Gasteiger partial charge in [-0.25, -0.2) is 5.48 Å². The molecular formula is C6H12BrClN2O. The molecule has 0 saturated heterocycles. The van der Waals surface area contributed by atoms with Crippen LogP contribution in [-0.2, 0) is 4.84 Å². The number of hydrogen-bond acceptors (Lipinski definition) is 3. The van der Waals surface area contributed by atoms with Gasteiger partial charge in [-0.2, -0.15) is 5.26 Å². The highest BCUT2D eigenvalue weighted by molar-refractivity contribution is 9.09. The van der Waals surface area contributed by atoms with Gasteiger partial charge >= 0.3 is 0 Å². The Labute approximate surface area is 81.6 Å². The van der Waals surface area contributed by atoms with Crippen molar-refractivity contribution < 1.29 is 4.84 Å². The number of hydroxylamine groups is 1. The Morgan fingerprint density at radius 2 is 2.18 bits per heavy atom. The monoisotopic (exact) mass is 242 g/mol. The molecule has 1 unspecified atom stereocenters. The second kappa shape index (κ2) is 8.28. The summed E-state index contributed by atoms with van der Waals surface area (Å²) in [6.45, 7) is 4.35. The Kier molecular flexibility index (Phi) is 10.3. The number of halogens is 2. The van der Waals surface area contributed by atoms with Crippen LogP contribution >= 0.6 is 28.3 Å². The number of nitriles is 1. The molecule has 0 aromatic rings. The predicted molar refractivity (Wildman–Crippen MR) is 49.8 cm³/mol. The molecule has 0 rings (SSSR count). The maximum Gasteiger partial charge on any atom is 0.116 e. The van der Waals surface area contributed by atoms with Crippen LogP contribution in [0.1, 0.15) is 13.8 Å². The number of alkyl halides is 1. The third-order valence-corrected chi connectivity index (χ3v) is 1.25. The summed E-state index contributed by atoms with van der Waals surface area (Å²) < 4.78 is 0. The fraction of sp³-hybridized carbons (Fsp3) is 0.833. The van der Waals surface area contributed by atoms with Crippen LogP contribution in [0.5, 0.6) is 0 Å². The van der Waals surface area contributed by atoms with Gasteiger partial charge in [0, 0.05) is 6.54 Å². The average molecular weight is 244 g/mol. The molecule has 0 spiro atoms. The van der Waals surface area contributed by atoms with E-state index in [0.29, 0.717) is 6.54 Å². The largest absolute Gasteiger partial charge is 0.299 e. The molecule has 0 aliphatic heterocycles. The molecule has 0 amide bonds. The van der Waals surface area contributed by atoms with Crippen LogP contribution in [0.2, 0.25) is 0 Å². The minimum absolute atomic E-state index is 0. The number of nitrogens with one attached hydrogen (secondary N) is 1. The van der Waals surface area contributed by atoms with Crippen LogP contribution in [0, 0.1) is 11.3 Å². The molecule has 0 aromatic carbocycles. The lowest BCUT2D eigenvalue weighted by molar-refractivity contribution is -0.00274. The molecule has 0 heterocycles. The van der Waals surface area contributed by atoms with Gasteiger partial charge in [0.05, 0.1) is 12.2 Å². The molecule has 66 valence electrons. The van der Waals surface area contributed by atoms with Gasteiger partial charge in [0.15, 0.2) is 0 Å². The highest BCUT2D eigenvalue weighted by atomic mass is 79.9. The molecule has 0 aromatic heterocycles. The molecule has 0 radical (unpaired) electrons. The van der Waals surface area contributed by atoms with E-state index < -0.39 is 0 Å². The lowest BCUT2D eigenvalue weighted by Crippen LogP contribution is -2.25. The Morgan fingerprint density at radius 1 is 1.64 bits per heavy atom. The van der Waals surface area contributed by atoms with Crippen molar-refractivity contribution in [1.82, 2.24) is 5.48 Å². The number of hydrogen-bond donors (Lipinski definition) is 1.